The van der Waals surface area contributed by atoms with Crippen LogP contribution in [-0.2, 0) is 0 Å². The van der Waals surface area contributed by atoms with E-state index in [0.717, 1.165) is 7.11 Å². The van der Waals surface area contributed by atoms with E-state index in [0.29, 0.717) is 0 Å². The first kappa shape index (κ1) is 29.6. The fraction of sp³-hybridized carbons (Fsp3) is 0.357. The Labute approximate surface area is 186 Å². The first-order valence-electron chi connectivity index (χ1n) is 11.1. The van der Waals surface area contributed by atoms with E-state index in [2.05, 4.69) is 98.5 Å². The molecule has 0 aliphatic rings. The van der Waals surface area contributed by atoms with Crippen molar-refractivity contribution in [3.05, 3.63) is 89.5 Å². The molecule has 0 aliphatic heterocycles. The summed E-state index contributed by atoms with van der Waals surface area (Å²) in [7, 11) is 1.00. The summed E-state index contributed by atoms with van der Waals surface area (Å²) < 4.78 is 0. The molecule has 0 fully saturated rings. The molecule has 0 amide bonds. The molecule has 2 nitrogen and oxygen atoms in total. The van der Waals surface area contributed by atoms with Crippen LogP contribution in [0.25, 0.3) is 0 Å². The van der Waals surface area contributed by atoms with Gasteiger partial charge in [-0.25, -0.2) is 0 Å². The van der Waals surface area contributed by atoms with E-state index in [9.17, 15) is 0 Å². The number of rotatable bonds is 3. The summed E-state index contributed by atoms with van der Waals surface area (Å²) in [6.45, 7) is 18.4. The van der Waals surface area contributed by atoms with Crippen molar-refractivity contribution in [1.29, 1.82) is 0 Å². The highest BCUT2D eigenvalue weighted by Gasteiger charge is 2.11. The van der Waals surface area contributed by atoms with Crippen molar-refractivity contribution >= 4 is 17.1 Å². The molecule has 0 radical (unpaired) electrons. The number of aryl methyl sites for hydroxylation is 3. The van der Waals surface area contributed by atoms with E-state index in [-0.39, 0.29) is 0 Å². The first-order valence-corrected chi connectivity index (χ1v) is 11.1. The van der Waals surface area contributed by atoms with Crippen molar-refractivity contribution in [2.45, 2.75) is 62.3 Å². The van der Waals surface area contributed by atoms with Crippen molar-refractivity contribution in [3.63, 3.8) is 0 Å². The predicted molar refractivity (Wildman–Crippen MR) is 138 cm³/mol. The molecule has 0 saturated carbocycles. The molecular formula is C28H43NO. The summed E-state index contributed by atoms with van der Waals surface area (Å²) in [6.07, 6.45) is 0. The molecule has 0 aliphatic carbocycles. The summed E-state index contributed by atoms with van der Waals surface area (Å²) in [5.74, 6) is 0. The third-order valence-corrected chi connectivity index (χ3v) is 3.88. The lowest BCUT2D eigenvalue weighted by molar-refractivity contribution is 0.399. The number of hydrogen-bond donors (Lipinski definition) is 1. The SMILES string of the molecule is CC.CC.CC.CO.Cc1ccc(N(c2ccc(C)cc2)c2ccc(C)cc2)cc1. The largest absolute Gasteiger partial charge is 0.400 e. The molecule has 166 valence electrons. The highest BCUT2D eigenvalue weighted by atomic mass is 16.2. The second-order valence-electron chi connectivity index (χ2n) is 5.84. The molecule has 3 aromatic carbocycles. The van der Waals surface area contributed by atoms with Crippen LogP contribution in [0.1, 0.15) is 58.2 Å². The van der Waals surface area contributed by atoms with Crippen LogP contribution in [0, 0.1) is 20.8 Å². The monoisotopic (exact) mass is 409 g/mol. The Morgan fingerprint density at radius 3 is 0.733 bits per heavy atom. The molecule has 30 heavy (non-hydrogen) atoms. The standard InChI is InChI=1S/C21H21N.3C2H6.CH4O/c1-16-4-10-19(11-5-16)22(20-12-6-17(2)7-13-20)21-14-8-18(3)9-15-21;4*1-2/h4-15H,1-3H3;3*1-2H3;2H,1H3. The highest BCUT2D eigenvalue weighted by molar-refractivity contribution is 5.76. The van der Waals surface area contributed by atoms with Gasteiger partial charge in [-0.3, -0.25) is 0 Å². The molecule has 3 aromatic rings. The number of nitrogens with zero attached hydrogens (tertiary/aromatic N) is 1. The Morgan fingerprint density at radius 1 is 0.400 bits per heavy atom. The first-order chi connectivity index (χ1) is 14.6. The zero-order valence-electron chi connectivity index (χ0n) is 20.8. The van der Waals surface area contributed by atoms with Crippen LogP contribution in [0.2, 0.25) is 0 Å². The van der Waals surface area contributed by atoms with E-state index < -0.39 is 0 Å². The minimum absolute atomic E-state index is 1.00. The summed E-state index contributed by atoms with van der Waals surface area (Å²) >= 11 is 0. The Kier molecular flexibility index (Phi) is 18.2. The number of benzene rings is 3. The minimum Gasteiger partial charge on any atom is -0.400 e. The summed E-state index contributed by atoms with van der Waals surface area (Å²) in [5.41, 5.74) is 7.36. The van der Waals surface area contributed by atoms with E-state index in [1.165, 1.54) is 33.8 Å². The van der Waals surface area contributed by atoms with Crippen LogP contribution in [-0.4, -0.2) is 12.2 Å². The van der Waals surface area contributed by atoms with E-state index in [1.807, 2.05) is 41.5 Å². The van der Waals surface area contributed by atoms with Gasteiger partial charge < -0.3 is 10.0 Å². The number of anilines is 3. The van der Waals surface area contributed by atoms with Gasteiger partial charge in [-0.2, -0.15) is 0 Å². The average Bonchev–Trinajstić information content (AvgIpc) is 2.83. The van der Waals surface area contributed by atoms with E-state index >= 15 is 0 Å². The van der Waals surface area contributed by atoms with Crippen molar-refractivity contribution in [2.75, 3.05) is 12.0 Å². The van der Waals surface area contributed by atoms with Gasteiger partial charge in [0.05, 0.1) is 0 Å². The second kappa shape index (κ2) is 18.4. The maximum atomic E-state index is 7.00. The lowest BCUT2D eigenvalue weighted by atomic mass is 10.1. The Morgan fingerprint density at radius 2 is 0.567 bits per heavy atom. The van der Waals surface area contributed by atoms with Gasteiger partial charge >= 0.3 is 0 Å². The zero-order chi connectivity index (χ0) is 23.5. The van der Waals surface area contributed by atoms with Crippen molar-refractivity contribution in [1.82, 2.24) is 0 Å². The van der Waals surface area contributed by atoms with E-state index in [4.69, 9.17) is 5.11 Å². The second-order valence-corrected chi connectivity index (χ2v) is 5.84. The molecule has 0 bridgehead atoms. The van der Waals surface area contributed by atoms with Gasteiger partial charge in [0.1, 0.15) is 0 Å². The highest BCUT2D eigenvalue weighted by Crippen LogP contribution is 2.34. The zero-order valence-corrected chi connectivity index (χ0v) is 20.8. The van der Waals surface area contributed by atoms with Gasteiger partial charge in [-0.05, 0) is 57.2 Å². The van der Waals surface area contributed by atoms with E-state index in [1.54, 1.807) is 0 Å². The third kappa shape index (κ3) is 9.76. The fourth-order valence-electron chi connectivity index (χ4n) is 2.53. The molecule has 0 saturated heterocycles. The summed E-state index contributed by atoms with van der Waals surface area (Å²) in [5, 5.41) is 7.00. The van der Waals surface area contributed by atoms with Crippen LogP contribution >= 0.6 is 0 Å². The maximum absolute atomic E-state index is 7.00. The maximum Gasteiger partial charge on any atom is 0.0461 e. The summed E-state index contributed by atoms with van der Waals surface area (Å²) in [4.78, 5) is 2.29. The quantitative estimate of drug-likeness (QED) is 0.467. The molecule has 1 N–H and O–H groups in total. The van der Waals surface area contributed by atoms with Crippen molar-refractivity contribution < 1.29 is 5.11 Å². The third-order valence-electron chi connectivity index (χ3n) is 3.88. The molecule has 0 spiro atoms. The summed E-state index contributed by atoms with van der Waals surface area (Å²) in [6, 6.07) is 26.0. The fourth-order valence-corrected chi connectivity index (χ4v) is 2.53. The predicted octanol–water partition coefficient (Wildman–Crippen LogP) is 8.77. The lowest BCUT2D eigenvalue weighted by Gasteiger charge is -2.25. The Balaban J connectivity index is 0. The van der Waals surface area contributed by atoms with Crippen molar-refractivity contribution in [3.8, 4) is 0 Å². The minimum atomic E-state index is 1.00. The van der Waals surface area contributed by atoms with Gasteiger partial charge in [0.25, 0.3) is 0 Å². The van der Waals surface area contributed by atoms with Gasteiger partial charge in [-0.15, -0.1) is 0 Å². The lowest BCUT2D eigenvalue weighted by Crippen LogP contribution is -2.09. The average molecular weight is 410 g/mol. The van der Waals surface area contributed by atoms with Crippen LogP contribution < -0.4 is 4.90 Å². The molecule has 0 heterocycles. The van der Waals surface area contributed by atoms with Crippen LogP contribution in [0.5, 0.6) is 0 Å². The molecule has 2 heteroatoms. The van der Waals surface area contributed by atoms with Crippen molar-refractivity contribution in [2.24, 2.45) is 0 Å². The molecular weight excluding hydrogens is 366 g/mol. The van der Waals surface area contributed by atoms with Gasteiger partial charge in [0, 0.05) is 24.2 Å². The van der Waals surface area contributed by atoms with Crippen LogP contribution in [0.15, 0.2) is 72.8 Å². The topological polar surface area (TPSA) is 23.5 Å². The molecule has 3 rings (SSSR count). The van der Waals surface area contributed by atoms with Gasteiger partial charge in [-0.1, -0.05) is 94.6 Å². The molecule has 0 aromatic heterocycles. The van der Waals surface area contributed by atoms with Gasteiger partial charge in [0.15, 0.2) is 0 Å². The Bertz CT molecular complexity index is 636. The van der Waals surface area contributed by atoms with Gasteiger partial charge in [0.2, 0.25) is 0 Å². The van der Waals surface area contributed by atoms with Crippen LogP contribution in [0.3, 0.4) is 0 Å². The number of aliphatic hydroxyl groups excluding tert-OH is 1. The normalized spacial score (nSPS) is 8.50. The number of aliphatic hydroxyl groups is 1. The number of hydrogen-bond acceptors (Lipinski definition) is 2. The smallest absolute Gasteiger partial charge is 0.0461 e. The molecule has 0 atom stereocenters. The Hall–Kier alpha value is -2.58. The molecule has 0 unspecified atom stereocenters. The van der Waals surface area contributed by atoms with Crippen LogP contribution in [0.4, 0.5) is 17.1 Å².